The summed E-state index contributed by atoms with van der Waals surface area (Å²) in [6, 6.07) is 58.3. The van der Waals surface area contributed by atoms with Gasteiger partial charge in [-0.05, 0) is 41.1 Å². The van der Waals surface area contributed by atoms with Crippen LogP contribution in [-0.4, -0.2) is 19.5 Å². The van der Waals surface area contributed by atoms with Gasteiger partial charge in [-0.25, -0.2) is 15.0 Å². The molecule has 0 N–H and O–H groups in total. The summed E-state index contributed by atoms with van der Waals surface area (Å²) in [4.78, 5) is 15.2. The minimum atomic E-state index is 0.584. The van der Waals surface area contributed by atoms with Gasteiger partial charge < -0.3 is 13.4 Å². The molecule has 4 aromatic heterocycles. The van der Waals surface area contributed by atoms with Crippen molar-refractivity contribution in [1.82, 2.24) is 19.5 Å². The Balaban J connectivity index is 1.16. The molecular weight excluding hydrogens is 677 g/mol. The Kier molecular flexibility index (Phi) is 6.24. The molecule has 4 heterocycles. The highest BCUT2D eigenvalue weighted by Gasteiger charge is 2.24. The number of hydrogen-bond acceptors (Lipinski definition) is 5. The van der Waals surface area contributed by atoms with Gasteiger partial charge in [0.05, 0.1) is 16.7 Å². The van der Waals surface area contributed by atoms with E-state index in [9.17, 15) is 0 Å². The van der Waals surface area contributed by atoms with E-state index in [-0.39, 0.29) is 0 Å². The van der Waals surface area contributed by atoms with Crippen molar-refractivity contribution in [3.63, 3.8) is 0 Å². The van der Waals surface area contributed by atoms with Crippen LogP contribution < -0.4 is 0 Å². The van der Waals surface area contributed by atoms with E-state index in [1.54, 1.807) is 0 Å². The highest BCUT2D eigenvalue weighted by atomic mass is 16.3. The van der Waals surface area contributed by atoms with Gasteiger partial charge in [0.25, 0.3) is 0 Å². The lowest BCUT2D eigenvalue weighted by atomic mass is 9.98. The first-order valence-corrected chi connectivity index (χ1v) is 18.4. The van der Waals surface area contributed by atoms with Crippen LogP contribution in [0.25, 0.3) is 116 Å². The van der Waals surface area contributed by atoms with Gasteiger partial charge in [0, 0.05) is 49.0 Å². The maximum atomic E-state index is 7.05. The molecule has 0 unspecified atom stereocenters. The normalized spacial score (nSPS) is 12.0. The van der Waals surface area contributed by atoms with Crippen molar-refractivity contribution < 1.29 is 8.83 Å². The summed E-state index contributed by atoms with van der Waals surface area (Å²) < 4.78 is 16.0. The van der Waals surface area contributed by atoms with Crippen LogP contribution in [0.4, 0.5) is 0 Å². The third-order valence-electron chi connectivity index (χ3n) is 10.8. The number of rotatable bonds is 4. The molecular formula is C49H28N4O2. The van der Waals surface area contributed by atoms with E-state index in [1.165, 1.54) is 0 Å². The van der Waals surface area contributed by atoms with Crippen molar-refractivity contribution in [3.05, 3.63) is 170 Å². The molecule has 0 aliphatic rings. The molecule has 0 aliphatic heterocycles. The Bertz CT molecular complexity index is 3430. The fourth-order valence-corrected chi connectivity index (χ4v) is 8.42. The van der Waals surface area contributed by atoms with Crippen LogP contribution in [0.15, 0.2) is 179 Å². The molecule has 0 fully saturated rings. The van der Waals surface area contributed by atoms with Gasteiger partial charge in [-0.1, -0.05) is 140 Å². The zero-order valence-electron chi connectivity index (χ0n) is 29.3. The van der Waals surface area contributed by atoms with Gasteiger partial charge in [-0.2, -0.15) is 0 Å². The first-order chi connectivity index (χ1) is 27.3. The molecule has 6 heteroatoms. The van der Waals surface area contributed by atoms with Crippen molar-refractivity contribution in [2.24, 2.45) is 0 Å². The molecule has 0 aliphatic carbocycles. The van der Waals surface area contributed by atoms with E-state index in [4.69, 9.17) is 23.8 Å². The third-order valence-corrected chi connectivity index (χ3v) is 10.8. The van der Waals surface area contributed by atoms with Gasteiger partial charge in [-0.3, -0.25) is 0 Å². The van der Waals surface area contributed by atoms with Crippen molar-refractivity contribution in [1.29, 1.82) is 0 Å². The van der Waals surface area contributed by atoms with Crippen LogP contribution in [0.2, 0.25) is 0 Å². The fraction of sp³-hybridized carbons (Fsp3) is 0. The van der Waals surface area contributed by atoms with Gasteiger partial charge in [0.2, 0.25) is 0 Å². The van der Waals surface area contributed by atoms with Crippen LogP contribution >= 0.6 is 0 Å². The highest BCUT2D eigenvalue weighted by molar-refractivity contribution is 6.25. The molecule has 0 bridgehead atoms. The summed E-state index contributed by atoms with van der Waals surface area (Å²) in [7, 11) is 0. The Morgan fingerprint density at radius 1 is 0.382 bits per heavy atom. The number of furan rings is 2. The lowest BCUT2D eigenvalue weighted by Crippen LogP contribution is -2.00. The number of fused-ring (bicyclic) bond motifs is 12. The first kappa shape index (κ1) is 29.9. The van der Waals surface area contributed by atoms with E-state index in [2.05, 4.69) is 102 Å². The number of para-hydroxylation sites is 3. The van der Waals surface area contributed by atoms with Gasteiger partial charge in [-0.15, -0.1) is 0 Å². The molecule has 55 heavy (non-hydrogen) atoms. The van der Waals surface area contributed by atoms with Crippen LogP contribution in [0, 0.1) is 0 Å². The molecule has 12 aromatic rings. The molecule has 0 saturated carbocycles. The standard InChI is InChI=1S/C49H28N4O2/c1-3-14-29(15-4-1)47-50-48(30-16-5-2-6-17-30)52-49(51-47)38-28-42-43(34-21-8-7-18-31(34)38)37-22-13-24-40(45(37)55-42)53-39-23-11-9-19-32(39)35-26-27-36-33-20-10-12-25-41(33)54-46(36)44(35)53/h1-28H. The Morgan fingerprint density at radius 3 is 1.73 bits per heavy atom. The van der Waals surface area contributed by atoms with Crippen LogP contribution in [0.5, 0.6) is 0 Å². The molecule has 0 atom stereocenters. The first-order valence-electron chi connectivity index (χ1n) is 18.4. The molecule has 0 amide bonds. The number of hydrogen-bond donors (Lipinski definition) is 0. The topological polar surface area (TPSA) is 69.9 Å². The van der Waals surface area contributed by atoms with Gasteiger partial charge >= 0.3 is 0 Å². The Hall–Kier alpha value is -7.57. The van der Waals surface area contributed by atoms with E-state index in [0.717, 1.165) is 98.8 Å². The zero-order chi connectivity index (χ0) is 36.0. The number of nitrogens with zero attached hydrogens (tertiary/aromatic N) is 4. The Labute approximate surface area is 313 Å². The number of aromatic nitrogens is 4. The third kappa shape index (κ3) is 4.39. The van der Waals surface area contributed by atoms with Crippen molar-refractivity contribution in [3.8, 4) is 39.9 Å². The van der Waals surface area contributed by atoms with Crippen molar-refractivity contribution in [2.75, 3.05) is 0 Å². The van der Waals surface area contributed by atoms with Crippen molar-refractivity contribution in [2.45, 2.75) is 0 Å². The van der Waals surface area contributed by atoms with Gasteiger partial charge in [0.1, 0.15) is 11.2 Å². The summed E-state index contributed by atoms with van der Waals surface area (Å²) in [5.74, 6) is 1.81. The second kappa shape index (κ2) is 11.5. The summed E-state index contributed by atoms with van der Waals surface area (Å²) in [5, 5.41) is 8.64. The highest BCUT2D eigenvalue weighted by Crippen LogP contribution is 2.45. The van der Waals surface area contributed by atoms with E-state index >= 15 is 0 Å². The average molecular weight is 705 g/mol. The second-order valence-corrected chi connectivity index (χ2v) is 13.9. The molecule has 0 spiro atoms. The summed E-state index contributed by atoms with van der Waals surface area (Å²) >= 11 is 0. The SMILES string of the molecule is c1ccc(-c2nc(-c3ccccc3)nc(-c3cc4oc5c(-n6c7ccccc7c7ccc8c9ccccc9oc8c76)cccc5c4c4ccccc34)n2)cc1. The van der Waals surface area contributed by atoms with Crippen LogP contribution in [0.3, 0.4) is 0 Å². The maximum Gasteiger partial charge on any atom is 0.164 e. The monoisotopic (exact) mass is 704 g/mol. The summed E-state index contributed by atoms with van der Waals surface area (Å²) in [5.41, 5.74) is 9.03. The largest absolute Gasteiger partial charge is 0.454 e. The minimum absolute atomic E-state index is 0.584. The lowest BCUT2D eigenvalue weighted by Gasteiger charge is -2.11. The van der Waals surface area contributed by atoms with E-state index < -0.39 is 0 Å². The minimum Gasteiger partial charge on any atom is -0.454 e. The lowest BCUT2D eigenvalue weighted by molar-refractivity contribution is 0.665. The predicted octanol–water partition coefficient (Wildman–Crippen LogP) is 12.9. The molecule has 0 radical (unpaired) electrons. The second-order valence-electron chi connectivity index (χ2n) is 13.9. The summed E-state index contributed by atoms with van der Waals surface area (Å²) in [6.45, 7) is 0. The quantitative estimate of drug-likeness (QED) is 0.182. The zero-order valence-corrected chi connectivity index (χ0v) is 29.3. The van der Waals surface area contributed by atoms with Crippen molar-refractivity contribution >= 4 is 76.5 Å². The molecule has 8 aromatic carbocycles. The summed E-state index contributed by atoms with van der Waals surface area (Å²) in [6.07, 6.45) is 0. The molecule has 256 valence electrons. The van der Waals surface area contributed by atoms with E-state index in [0.29, 0.717) is 17.5 Å². The Morgan fingerprint density at radius 2 is 0.964 bits per heavy atom. The maximum absolute atomic E-state index is 7.05. The van der Waals surface area contributed by atoms with E-state index in [1.807, 2.05) is 72.8 Å². The average Bonchev–Trinajstić information content (AvgIpc) is 3.94. The fourth-order valence-electron chi connectivity index (χ4n) is 8.42. The molecule has 0 saturated heterocycles. The van der Waals surface area contributed by atoms with Crippen LogP contribution in [-0.2, 0) is 0 Å². The predicted molar refractivity (Wildman–Crippen MR) is 223 cm³/mol. The van der Waals surface area contributed by atoms with Crippen LogP contribution in [0.1, 0.15) is 0 Å². The molecule has 6 nitrogen and oxygen atoms in total. The van der Waals surface area contributed by atoms with Gasteiger partial charge in [0.15, 0.2) is 28.6 Å². The molecule has 12 rings (SSSR count). The smallest absolute Gasteiger partial charge is 0.164 e. The number of benzene rings is 8.